The molecule has 1 fully saturated rings. The van der Waals surface area contributed by atoms with Gasteiger partial charge in [-0.2, -0.15) is 0 Å². The largest absolute Gasteiger partial charge is 0.481 e. The lowest BCUT2D eigenvalue weighted by Gasteiger charge is -2.40. The standard InChI is InChI=1S/C58H95N7O13S/c1-13-26-65(55(70)51(38(9)15-3)63-53(69)46-19-17-18-27-64(46)11)47(36(5)6)32-48(76-28-14-2)54-61-45(35-79-54)52(68)60-42(29-39(10)56(71)72)30-41-20-22-43(23-21-41)78-57(73)50(37(7)8)62-49(67)24-25-59-58(74)77-34-44(75-12)31-40(16-4)33-66/h20-23,35-40,42,44,46-48,50-51,66H,13-19,24-34H2,1-12H3,(H,59,74)(H,60,68)(H,62,67)(H,63,69)(H,71,72)/t38-,39-,40?,42+,44?,46+,47+,48+,50+,51-/m0/s1. The van der Waals surface area contributed by atoms with E-state index in [-0.39, 0.29) is 98.0 Å². The summed E-state index contributed by atoms with van der Waals surface area (Å²) in [6.07, 6.45) is 5.11. The minimum Gasteiger partial charge on any atom is -0.481 e. The smallest absolute Gasteiger partial charge is 0.407 e. The van der Waals surface area contributed by atoms with Crippen LogP contribution in [0.15, 0.2) is 29.6 Å². The van der Waals surface area contributed by atoms with Crippen molar-refractivity contribution < 1.29 is 62.7 Å². The minimum atomic E-state index is -1.02. The van der Waals surface area contributed by atoms with Crippen molar-refractivity contribution in [1.82, 2.24) is 36.1 Å². The molecule has 0 spiro atoms. The van der Waals surface area contributed by atoms with Gasteiger partial charge < -0.3 is 55.3 Å². The molecule has 1 aromatic carbocycles. The van der Waals surface area contributed by atoms with Crippen LogP contribution in [0.5, 0.6) is 5.75 Å². The quantitative estimate of drug-likeness (QED) is 0.0288. The lowest BCUT2D eigenvalue weighted by Crippen LogP contribution is -2.58. The summed E-state index contributed by atoms with van der Waals surface area (Å²) < 4.78 is 22.7. The van der Waals surface area contributed by atoms with E-state index < -0.39 is 66.1 Å². The van der Waals surface area contributed by atoms with Crippen LogP contribution in [-0.2, 0) is 44.6 Å². The second-order valence-corrected chi connectivity index (χ2v) is 22.8. The van der Waals surface area contributed by atoms with Gasteiger partial charge in [0.15, 0.2) is 0 Å². The van der Waals surface area contributed by atoms with E-state index in [1.165, 1.54) is 18.4 Å². The van der Waals surface area contributed by atoms with Crippen LogP contribution in [0.4, 0.5) is 4.79 Å². The molecular weight excluding hydrogens is 1030 g/mol. The maximum absolute atomic E-state index is 14.8. The number of alkyl carbamates (subject to hydrolysis) is 1. The van der Waals surface area contributed by atoms with E-state index in [0.29, 0.717) is 43.8 Å². The molecule has 1 aliphatic rings. The molecule has 20 nitrogen and oxygen atoms in total. The average molecular weight is 1130 g/mol. The van der Waals surface area contributed by atoms with Gasteiger partial charge in [-0.05, 0) is 99.9 Å². The number of thiazole rings is 1. The monoisotopic (exact) mass is 1130 g/mol. The van der Waals surface area contributed by atoms with Gasteiger partial charge in [-0.1, -0.05) is 101 Å². The molecule has 21 heteroatoms. The number of aromatic nitrogens is 1. The Morgan fingerprint density at radius 1 is 0.873 bits per heavy atom. The predicted octanol–water partition coefficient (Wildman–Crippen LogP) is 7.32. The van der Waals surface area contributed by atoms with Crippen molar-refractivity contribution >= 4 is 53.0 Å². The lowest BCUT2D eigenvalue weighted by atomic mass is 9.92. The molecule has 446 valence electrons. The highest BCUT2D eigenvalue weighted by Crippen LogP contribution is 2.32. The minimum absolute atomic E-state index is 0.00108. The van der Waals surface area contributed by atoms with E-state index in [4.69, 9.17) is 23.9 Å². The van der Waals surface area contributed by atoms with Crippen LogP contribution in [0.3, 0.4) is 0 Å². The van der Waals surface area contributed by atoms with Crippen LogP contribution < -0.4 is 26.0 Å². The highest BCUT2D eigenvalue weighted by Gasteiger charge is 2.38. The van der Waals surface area contributed by atoms with Crippen molar-refractivity contribution in [2.75, 3.05) is 53.6 Å². The Labute approximate surface area is 473 Å². The Kier molecular flexibility index (Phi) is 30.6. The van der Waals surface area contributed by atoms with Gasteiger partial charge in [0.05, 0.1) is 18.1 Å². The number of carboxylic acids is 1. The fourth-order valence-corrected chi connectivity index (χ4v) is 10.4. The van der Waals surface area contributed by atoms with Crippen LogP contribution in [0.2, 0.25) is 0 Å². The van der Waals surface area contributed by atoms with E-state index >= 15 is 0 Å². The van der Waals surface area contributed by atoms with Crippen LogP contribution in [0.25, 0.3) is 0 Å². The molecule has 5 amide bonds. The first-order chi connectivity index (χ1) is 37.6. The summed E-state index contributed by atoms with van der Waals surface area (Å²) >= 11 is 1.29. The molecule has 6 N–H and O–H groups in total. The normalized spacial score (nSPS) is 17.3. The molecule has 10 atom stereocenters. The molecule has 0 saturated carbocycles. The third-order valence-electron chi connectivity index (χ3n) is 14.8. The van der Waals surface area contributed by atoms with Crippen molar-refractivity contribution in [3.8, 4) is 5.75 Å². The van der Waals surface area contributed by atoms with E-state index in [0.717, 1.165) is 44.2 Å². The molecule has 2 heterocycles. The zero-order valence-electron chi connectivity index (χ0n) is 49.2. The fourth-order valence-electron chi connectivity index (χ4n) is 9.57. The first-order valence-electron chi connectivity index (χ1n) is 28.7. The second kappa shape index (κ2) is 35.5. The predicted molar refractivity (Wildman–Crippen MR) is 303 cm³/mol. The molecular formula is C58H95N7O13S. The first kappa shape index (κ1) is 68.1. The number of likely N-dealkylation sites (N-methyl/N-ethyl adjacent to an activating group) is 1. The summed E-state index contributed by atoms with van der Waals surface area (Å²) in [5, 5.41) is 33.0. The number of aliphatic hydroxyl groups is 1. The summed E-state index contributed by atoms with van der Waals surface area (Å²) in [6.45, 7) is 20.9. The summed E-state index contributed by atoms with van der Waals surface area (Å²) in [5.41, 5.74) is 0.873. The van der Waals surface area contributed by atoms with Gasteiger partial charge in [-0.15, -0.1) is 11.3 Å². The second-order valence-electron chi connectivity index (χ2n) is 21.9. The molecule has 0 bridgehead atoms. The van der Waals surface area contributed by atoms with Gasteiger partial charge in [0.1, 0.15) is 41.2 Å². The number of rotatable bonds is 36. The van der Waals surface area contributed by atoms with Gasteiger partial charge in [-0.25, -0.2) is 14.6 Å². The summed E-state index contributed by atoms with van der Waals surface area (Å²) in [4.78, 5) is 102. The third-order valence-corrected chi connectivity index (χ3v) is 15.8. The number of likely N-dealkylation sites (tertiary alicyclic amines) is 1. The van der Waals surface area contributed by atoms with Crippen molar-refractivity contribution in [2.24, 2.45) is 29.6 Å². The van der Waals surface area contributed by atoms with E-state index in [9.17, 15) is 43.8 Å². The number of carboxylic acid groups (broad SMARTS) is 1. The third kappa shape index (κ3) is 22.7. The van der Waals surface area contributed by atoms with Gasteiger partial charge in [0.2, 0.25) is 17.7 Å². The molecule has 3 rings (SSSR count). The van der Waals surface area contributed by atoms with Gasteiger partial charge >= 0.3 is 18.0 Å². The SMILES string of the molecule is CCCO[C@H](C[C@H](C(C)C)N(CCC)C(=O)[C@@H](NC(=O)[C@H]1CCCCN1C)[C@@H](C)CC)c1nc(C(=O)N[C@@H](Cc2ccc(OC(=O)[C@H](NC(=O)CCNC(=O)OCC(CC(CC)CO)OC)C(C)C)cc2)C[C@H](C)C(=O)O)cs1. The van der Waals surface area contributed by atoms with Gasteiger partial charge in [-0.3, -0.25) is 28.9 Å². The number of aliphatic hydroxyl groups excluding tert-OH is 1. The number of carbonyl (C=O) groups is 7. The van der Waals surface area contributed by atoms with Crippen LogP contribution >= 0.6 is 11.3 Å². The van der Waals surface area contributed by atoms with Crippen molar-refractivity contribution in [1.29, 1.82) is 0 Å². The zero-order chi connectivity index (χ0) is 58.8. The topological polar surface area (TPSA) is 264 Å². The Balaban J connectivity index is 1.72. The lowest BCUT2D eigenvalue weighted by molar-refractivity contribution is -0.143. The summed E-state index contributed by atoms with van der Waals surface area (Å²) in [6, 6.07) is 3.69. The molecule has 2 unspecified atom stereocenters. The molecule has 1 saturated heterocycles. The average Bonchev–Trinajstić information content (AvgIpc) is 3.92. The number of carbonyl (C=O) groups excluding carboxylic acids is 6. The zero-order valence-corrected chi connectivity index (χ0v) is 50.0. The highest BCUT2D eigenvalue weighted by molar-refractivity contribution is 7.09. The van der Waals surface area contributed by atoms with Crippen LogP contribution in [-0.4, -0.2) is 157 Å². The van der Waals surface area contributed by atoms with E-state index in [1.54, 1.807) is 50.4 Å². The van der Waals surface area contributed by atoms with Crippen LogP contribution in [0.1, 0.15) is 167 Å². The number of ether oxygens (including phenoxy) is 4. The van der Waals surface area contributed by atoms with Crippen molar-refractivity contribution in [3.05, 3.63) is 45.9 Å². The summed E-state index contributed by atoms with van der Waals surface area (Å²) in [5.74, 6) is -3.95. The maximum atomic E-state index is 14.8. The molecule has 0 radical (unpaired) electrons. The number of benzene rings is 1. The maximum Gasteiger partial charge on any atom is 0.407 e. The van der Waals surface area contributed by atoms with E-state index in [1.807, 2.05) is 46.6 Å². The van der Waals surface area contributed by atoms with Crippen LogP contribution in [0, 0.1) is 29.6 Å². The number of esters is 1. The Morgan fingerprint density at radius 2 is 1.58 bits per heavy atom. The Morgan fingerprint density at radius 3 is 2.16 bits per heavy atom. The van der Waals surface area contributed by atoms with E-state index in [2.05, 4.69) is 40.0 Å². The number of amides is 5. The molecule has 1 aromatic heterocycles. The first-order valence-corrected chi connectivity index (χ1v) is 29.5. The Hall–Kier alpha value is -5.22. The highest BCUT2D eigenvalue weighted by atomic mass is 32.1. The van der Waals surface area contributed by atoms with Gasteiger partial charge in [0, 0.05) is 63.7 Å². The number of hydrogen-bond acceptors (Lipinski definition) is 15. The van der Waals surface area contributed by atoms with Crippen molar-refractivity contribution in [2.45, 2.75) is 189 Å². The molecule has 79 heavy (non-hydrogen) atoms. The number of aliphatic carboxylic acids is 1. The number of nitrogens with one attached hydrogen (secondary N) is 4. The molecule has 0 aliphatic carbocycles. The number of methoxy groups -OCH3 is 1. The van der Waals surface area contributed by atoms with Crippen molar-refractivity contribution in [3.63, 3.8) is 0 Å². The fraction of sp³-hybridized carbons (Fsp3) is 0.724. The number of piperidine rings is 1. The summed E-state index contributed by atoms with van der Waals surface area (Å²) in [7, 11) is 3.46. The van der Waals surface area contributed by atoms with Gasteiger partial charge in [0.25, 0.3) is 5.91 Å². The number of nitrogens with zero attached hydrogens (tertiary/aromatic N) is 3. The molecule has 2 aromatic rings. The Bertz CT molecular complexity index is 2190. The molecule has 1 aliphatic heterocycles. The number of hydrogen-bond donors (Lipinski definition) is 6.